The number of aryl methyl sites for hydroxylation is 2. The molecule has 0 aliphatic carbocycles. The molecule has 0 radical (unpaired) electrons. The number of benzene rings is 2. The zero-order valence-electron chi connectivity index (χ0n) is 11.4. The van der Waals surface area contributed by atoms with Crippen LogP contribution in [0.4, 0.5) is 0 Å². The van der Waals surface area contributed by atoms with Gasteiger partial charge in [0.25, 0.3) is 0 Å². The maximum Gasteiger partial charge on any atom is 0.137 e. The molecule has 0 saturated heterocycles. The first kappa shape index (κ1) is 13.6. The Hall–Kier alpha value is -1.87. The highest BCUT2D eigenvalue weighted by molar-refractivity contribution is 7.80. The van der Waals surface area contributed by atoms with Crippen molar-refractivity contribution in [2.75, 3.05) is 0 Å². The van der Waals surface area contributed by atoms with Crippen molar-refractivity contribution in [2.24, 2.45) is 5.73 Å². The fourth-order valence-corrected chi connectivity index (χ4v) is 2.15. The van der Waals surface area contributed by atoms with Crippen molar-refractivity contribution in [1.29, 1.82) is 0 Å². The number of thiocarbonyl (C=S) groups is 1. The molecular formula is C16H17NOS. The van der Waals surface area contributed by atoms with Gasteiger partial charge in [0.1, 0.15) is 16.5 Å². The Bertz CT molecular complexity index is 635. The summed E-state index contributed by atoms with van der Waals surface area (Å²) >= 11 is 5.05. The van der Waals surface area contributed by atoms with Crippen LogP contribution in [0.25, 0.3) is 0 Å². The summed E-state index contributed by atoms with van der Waals surface area (Å²) in [7, 11) is 0. The van der Waals surface area contributed by atoms with E-state index in [1.807, 2.05) is 37.3 Å². The second kappa shape index (κ2) is 5.41. The molecule has 0 atom stereocenters. The summed E-state index contributed by atoms with van der Waals surface area (Å²) in [6.45, 7) is 6.18. The van der Waals surface area contributed by atoms with Crippen LogP contribution in [0, 0.1) is 20.8 Å². The summed E-state index contributed by atoms with van der Waals surface area (Å²) in [6.07, 6.45) is 0. The van der Waals surface area contributed by atoms with Crippen LogP contribution in [0.2, 0.25) is 0 Å². The lowest BCUT2D eigenvalue weighted by atomic mass is 10.1. The number of ether oxygens (including phenoxy) is 1. The van der Waals surface area contributed by atoms with Crippen molar-refractivity contribution in [3.8, 4) is 11.5 Å². The van der Waals surface area contributed by atoms with E-state index in [1.54, 1.807) is 0 Å². The van der Waals surface area contributed by atoms with Crippen molar-refractivity contribution in [1.82, 2.24) is 0 Å². The Morgan fingerprint density at radius 2 is 1.74 bits per heavy atom. The fraction of sp³-hybridized carbons (Fsp3) is 0.188. The van der Waals surface area contributed by atoms with Crippen molar-refractivity contribution >= 4 is 17.2 Å². The molecule has 2 rings (SSSR count). The van der Waals surface area contributed by atoms with Gasteiger partial charge in [-0.25, -0.2) is 0 Å². The molecule has 0 aromatic heterocycles. The molecule has 3 heteroatoms. The highest BCUT2D eigenvalue weighted by Gasteiger charge is 2.09. The van der Waals surface area contributed by atoms with Gasteiger partial charge in [-0.3, -0.25) is 0 Å². The van der Waals surface area contributed by atoms with E-state index in [1.165, 1.54) is 11.1 Å². The van der Waals surface area contributed by atoms with E-state index in [4.69, 9.17) is 22.7 Å². The average Bonchev–Trinajstić information content (AvgIpc) is 2.35. The molecule has 0 aliphatic rings. The first-order valence-electron chi connectivity index (χ1n) is 6.13. The van der Waals surface area contributed by atoms with Gasteiger partial charge in [0.2, 0.25) is 0 Å². The summed E-state index contributed by atoms with van der Waals surface area (Å²) in [5, 5.41) is 0. The molecule has 0 fully saturated rings. The van der Waals surface area contributed by atoms with Gasteiger partial charge in [-0.05, 0) is 55.7 Å². The highest BCUT2D eigenvalue weighted by Crippen LogP contribution is 2.30. The Kier molecular flexibility index (Phi) is 3.86. The molecule has 0 saturated carbocycles. The molecule has 0 aliphatic heterocycles. The van der Waals surface area contributed by atoms with E-state index < -0.39 is 0 Å². The molecule has 98 valence electrons. The molecule has 2 N–H and O–H groups in total. The van der Waals surface area contributed by atoms with E-state index in [0.717, 1.165) is 16.9 Å². The van der Waals surface area contributed by atoms with Gasteiger partial charge in [0.05, 0.1) is 5.56 Å². The van der Waals surface area contributed by atoms with Crippen molar-refractivity contribution < 1.29 is 4.74 Å². The van der Waals surface area contributed by atoms with Crippen LogP contribution < -0.4 is 10.5 Å². The third-order valence-electron chi connectivity index (χ3n) is 3.14. The maximum atomic E-state index is 6.00. The minimum atomic E-state index is 0.345. The van der Waals surface area contributed by atoms with E-state index in [9.17, 15) is 0 Å². The second-order valence-electron chi connectivity index (χ2n) is 4.67. The van der Waals surface area contributed by atoms with Gasteiger partial charge < -0.3 is 10.5 Å². The third-order valence-corrected chi connectivity index (χ3v) is 3.36. The van der Waals surface area contributed by atoms with Gasteiger partial charge in [-0.1, -0.05) is 30.4 Å². The lowest BCUT2D eigenvalue weighted by Gasteiger charge is -2.14. The molecule has 2 aromatic rings. The normalized spacial score (nSPS) is 10.3. The molecule has 2 aromatic carbocycles. The zero-order chi connectivity index (χ0) is 14.0. The van der Waals surface area contributed by atoms with E-state index in [2.05, 4.69) is 19.9 Å². The first-order chi connectivity index (χ1) is 8.99. The predicted octanol–water partition coefficient (Wildman–Crippen LogP) is 4.04. The Labute approximate surface area is 119 Å². The van der Waals surface area contributed by atoms with Crippen LogP contribution in [-0.2, 0) is 0 Å². The number of rotatable bonds is 3. The average molecular weight is 271 g/mol. The molecule has 0 unspecified atom stereocenters. The number of para-hydroxylation sites is 1. The van der Waals surface area contributed by atoms with Gasteiger partial charge >= 0.3 is 0 Å². The quantitative estimate of drug-likeness (QED) is 0.856. The van der Waals surface area contributed by atoms with E-state index >= 15 is 0 Å². The Morgan fingerprint density at radius 1 is 1.05 bits per heavy atom. The number of hydrogen-bond donors (Lipinski definition) is 1. The van der Waals surface area contributed by atoms with Crippen LogP contribution in [0.5, 0.6) is 11.5 Å². The molecule has 0 bridgehead atoms. The monoisotopic (exact) mass is 271 g/mol. The van der Waals surface area contributed by atoms with Crippen molar-refractivity contribution in [3.63, 3.8) is 0 Å². The standard InChI is InChI=1S/C16H17NOS/c1-10-8-11(2)12(3)15(9-10)18-14-7-5-4-6-13(14)16(17)19/h4-9H,1-3H3,(H2,17,19). The minimum absolute atomic E-state index is 0.345. The van der Waals surface area contributed by atoms with Crippen LogP contribution >= 0.6 is 12.2 Å². The summed E-state index contributed by atoms with van der Waals surface area (Å²) < 4.78 is 6.00. The molecule has 2 nitrogen and oxygen atoms in total. The molecule has 19 heavy (non-hydrogen) atoms. The second-order valence-corrected chi connectivity index (χ2v) is 5.11. The number of hydrogen-bond acceptors (Lipinski definition) is 2. The van der Waals surface area contributed by atoms with Crippen LogP contribution in [0.3, 0.4) is 0 Å². The molecule has 0 amide bonds. The van der Waals surface area contributed by atoms with Crippen LogP contribution in [0.15, 0.2) is 36.4 Å². The van der Waals surface area contributed by atoms with Gasteiger partial charge in [-0.2, -0.15) is 0 Å². The summed E-state index contributed by atoms with van der Waals surface area (Å²) in [5.74, 6) is 1.55. The van der Waals surface area contributed by atoms with Crippen LogP contribution in [-0.4, -0.2) is 4.99 Å². The number of nitrogens with two attached hydrogens (primary N) is 1. The van der Waals surface area contributed by atoms with Crippen molar-refractivity contribution in [3.05, 3.63) is 58.7 Å². The summed E-state index contributed by atoms with van der Waals surface area (Å²) in [5.41, 5.74) is 9.99. The Morgan fingerprint density at radius 3 is 2.42 bits per heavy atom. The molecule has 0 spiro atoms. The van der Waals surface area contributed by atoms with Crippen molar-refractivity contribution in [2.45, 2.75) is 20.8 Å². The van der Waals surface area contributed by atoms with Gasteiger partial charge in [0.15, 0.2) is 0 Å². The van der Waals surface area contributed by atoms with Gasteiger partial charge in [-0.15, -0.1) is 0 Å². The minimum Gasteiger partial charge on any atom is -0.456 e. The lowest BCUT2D eigenvalue weighted by molar-refractivity contribution is 0.477. The molecule has 0 heterocycles. The predicted molar refractivity (Wildman–Crippen MR) is 83.1 cm³/mol. The van der Waals surface area contributed by atoms with E-state index in [-0.39, 0.29) is 0 Å². The summed E-state index contributed by atoms with van der Waals surface area (Å²) in [6, 6.07) is 11.7. The van der Waals surface area contributed by atoms with Crippen LogP contribution in [0.1, 0.15) is 22.3 Å². The fourth-order valence-electron chi connectivity index (χ4n) is 1.98. The third kappa shape index (κ3) is 2.93. The smallest absolute Gasteiger partial charge is 0.137 e. The summed E-state index contributed by atoms with van der Waals surface area (Å²) in [4.78, 5) is 0.345. The maximum absolute atomic E-state index is 6.00. The SMILES string of the molecule is Cc1cc(C)c(C)c(Oc2ccccc2C(N)=S)c1. The zero-order valence-corrected chi connectivity index (χ0v) is 12.2. The van der Waals surface area contributed by atoms with Gasteiger partial charge in [0, 0.05) is 0 Å². The topological polar surface area (TPSA) is 35.2 Å². The molecular weight excluding hydrogens is 254 g/mol. The van der Waals surface area contributed by atoms with E-state index in [0.29, 0.717) is 10.7 Å². The highest BCUT2D eigenvalue weighted by atomic mass is 32.1. The lowest BCUT2D eigenvalue weighted by Crippen LogP contribution is -2.10. The largest absolute Gasteiger partial charge is 0.456 e. The Balaban J connectivity index is 2.45. The first-order valence-corrected chi connectivity index (χ1v) is 6.54.